The number of nitro benzene ring substituents is 1. The van der Waals surface area contributed by atoms with Gasteiger partial charge in [-0.15, -0.1) is 0 Å². The van der Waals surface area contributed by atoms with Crippen molar-refractivity contribution in [2.24, 2.45) is 11.8 Å². The van der Waals surface area contributed by atoms with Crippen LogP contribution in [-0.2, 0) is 18.2 Å². The van der Waals surface area contributed by atoms with E-state index in [9.17, 15) is 19.7 Å². The van der Waals surface area contributed by atoms with Gasteiger partial charge in [0, 0.05) is 11.6 Å². The van der Waals surface area contributed by atoms with E-state index in [4.69, 9.17) is 0 Å². The maximum atomic E-state index is 14.0. The number of benzene rings is 3. The number of imide groups is 1. The Hall–Kier alpha value is -2.84. The van der Waals surface area contributed by atoms with Crippen molar-refractivity contribution < 1.29 is 14.5 Å². The summed E-state index contributed by atoms with van der Waals surface area (Å²) < 4.78 is -1.78. The minimum absolute atomic E-state index is 0.125. The van der Waals surface area contributed by atoms with Crippen LogP contribution in [0.3, 0.4) is 0 Å². The third-order valence-electron chi connectivity index (χ3n) is 7.23. The molecule has 1 saturated heterocycles. The number of hydrogen-bond acceptors (Lipinski definition) is 4. The molecule has 0 radical (unpaired) electrons. The number of aryl methyl sites for hydroxylation is 1. The van der Waals surface area contributed by atoms with E-state index in [1.807, 2.05) is 48.5 Å². The molecule has 164 valence electrons. The van der Waals surface area contributed by atoms with Crippen molar-refractivity contribution in [3.05, 3.63) is 105 Å². The Kier molecular flexibility index (Phi) is 4.15. The molecule has 0 N–H and O–H groups in total. The molecule has 7 rings (SSSR count). The Bertz CT molecular complexity index is 1300. The molecule has 33 heavy (non-hydrogen) atoms. The zero-order chi connectivity index (χ0) is 23.3. The highest BCUT2D eigenvalue weighted by Gasteiger charge is 2.72. The van der Waals surface area contributed by atoms with Gasteiger partial charge in [-0.1, -0.05) is 86.5 Å². The SMILES string of the molecule is Cc1ccc(N2C(=O)[C@H]3[C@H](C2=O)C2(Br)c4ccccc4C3(Br)c3ccccc32)cc1[N+](=O)[O-]. The molecule has 0 aromatic heterocycles. The molecule has 4 aliphatic rings. The maximum absolute atomic E-state index is 14.0. The predicted molar refractivity (Wildman–Crippen MR) is 130 cm³/mol. The summed E-state index contributed by atoms with van der Waals surface area (Å²) in [4.78, 5) is 40.1. The zero-order valence-electron chi connectivity index (χ0n) is 17.3. The van der Waals surface area contributed by atoms with E-state index in [1.165, 1.54) is 6.07 Å². The molecule has 1 fully saturated rings. The molecule has 2 amide bonds. The fraction of sp³-hybridized carbons (Fsp3) is 0.200. The normalized spacial score (nSPS) is 29.0. The summed E-state index contributed by atoms with van der Waals surface area (Å²) in [6, 6.07) is 20.2. The first-order valence-corrected chi connectivity index (χ1v) is 12.0. The number of amides is 2. The van der Waals surface area contributed by atoms with Crippen LogP contribution in [-0.4, -0.2) is 16.7 Å². The summed E-state index contributed by atoms with van der Waals surface area (Å²) in [5.74, 6) is -2.16. The number of rotatable bonds is 2. The molecule has 2 bridgehead atoms. The molecular formula is C25H16Br2N2O4. The van der Waals surface area contributed by atoms with Crippen molar-refractivity contribution in [3.8, 4) is 0 Å². The number of nitro groups is 1. The van der Waals surface area contributed by atoms with Gasteiger partial charge >= 0.3 is 0 Å². The largest absolute Gasteiger partial charge is 0.274 e. The van der Waals surface area contributed by atoms with Gasteiger partial charge in [0.1, 0.15) is 0 Å². The first-order valence-electron chi connectivity index (χ1n) is 10.4. The molecule has 8 heteroatoms. The fourth-order valence-electron chi connectivity index (χ4n) is 5.86. The molecule has 1 aliphatic heterocycles. The lowest BCUT2D eigenvalue weighted by Gasteiger charge is -2.55. The second kappa shape index (κ2) is 6.61. The van der Waals surface area contributed by atoms with Crippen LogP contribution in [0.1, 0.15) is 27.8 Å². The minimum Gasteiger partial charge on any atom is -0.274 e. The second-order valence-corrected chi connectivity index (χ2v) is 11.2. The highest BCUT2D eigenvalue weighted by Crippen LogP contribution is 2.70. The van der Waals surface area contributed by atoms with Crippen LogP contribution in [0.5, 0.6) is 0 Å². The smallest absolute Gasteiger partial charge is 0.274 e. The Morgan fingerprint density at radius 2 is 1.24 bits per heavy atom. The van der Waals surface area contributed by atoms with Crippen LogP contribution in [0.2, 0.25) is 0 Å². The van der Waals surface area contributed by atoms with E-state index in [2.05, 4.69) is 31.9 Å². The average Bonchev–Trinajstić information content (AvgIpc) is 3.09. The molecule has 3 aliphatic carbocycles. The average molecular weight is 568 g/mol. The summed E-state index contributed by atoms with van der Waals surface area (Å²) in [7, 11) is 0. The van der Waals surface area contributed by atoms with Crippen LogP contribution in [0.15, 0.2) is 66.7 Å². The summed E-state index contributed by atoms with van der Waals surface area (Å²) >= 11 is 7.90. The quantitative estimate of drug-likeness (QED) is 0.182. The first kappa shape index (κ1) is 20.7. The van der Waals surface area contributed by atoms with E-state index in [0.717, 1.165) is 27.2 Å². The molecule has 3 aromatic carbocycles. The third-order valence-corrected chi connectivity index (χ3v) is 9.93. The lowest BCUT2D eigenvalue weighted by atomic mass is 9.54. The van der Waals surface area contributed by atoms with Crippen LogP contribution in [0.25, 0.3) is 0 Å². The van der Waals surface area contributed by atoms with E-state index < -0.39 is 25.4 Å². The Morgan fingerprint density at radius 3 is 1.64 bits per heavy atom. The van der Waals surface area contributed by atoms with E-state index in [1.54, 1.807) is 19.1 Å². The molecule has 0 spiro atoms. The Balaban J connectivity index is 1.62. The summed E-state index contributed by atoms with van der Waals surface area (Å²) in [5.41, 5.74) is 4.34. The number of carbonyl (C=O) groups is 2. The molecule has 1 heterocycles. The number of carbonyl (C=O) groups excluding carboxylic acids is 2. The minimum atomic E-state index is -0.890. The van der Waals surface area contributed by atoms with Crippen LogP contribution in [0, 0.1) is 28.9 Å². The van der Waals surface area contributed by atoms with Crippen LogP contribution >= 0.6 is 31.9 Å². The summed E-state index contributed by atoms with van der Waals surface area (Å²) in [5, 5.41) is 11.5. The number of nitrogens with zero attached hydrogens (tertiary/aromatic N) is 2. The highest BCUT2D eigenvalue weighted by atomic mass is 79.9. The first-order chi connectivity index (χ1) is 15.7. The van der Waals surface area contributed by atoms with Gasteiger partial charge in [-0.3, -0.25) is 19.7 Å². The maximum Gasteiger partial charge on any atom is 0.274 e. The number of anilines is 1. The van der Waals surface area contributed by atoms with Gasteiger partial charge < -0.3 is 0 Å². The Morgan fingerprint density at radius 1 is 0.818 bits per heavy atom. The van der Waals surface area contributed by atoms with Gasteiger partial charge in [-0.25, -0.2) is 4.90 Å². The van der Waals surface area contributed by atoms with E-state index in [0.29, 0.717) is 5.56 Å². The summed E-state index contributed by atoms with van der Waals surface area (Å²) in [6.45, 7) is 1.63. The number of hydrogen-bond donors (Lipinski definition) is 0. The van der Waals surface area contributed by atoms with Gasteiger partial charge in [0.2, 0.25) is 11.8 Å². The lowest BCUT2D eigenvalue weighted by Crippen LogP contribution is -2.56. The fourth-order valence-corrected chi connectivity index (χ4v) is 8.16. The molecule has 2 atom stereocenters. The molecule has 3 aromatic rings. The molecular weight excluding hydrogens is 552 g/mol. The predicted octanol–water partition coefficient (Wildman–Crippen LogP) is 5.31. The summed E-state index contributed by atoms with van der Waals surface area (Å²) in [6.07, 6.45) is 0. The number of halogens is 2. The van der Waals surface area contributed by atoms with Gasteiger partial charge in [-0.05, 0) is 35.2 Å². The van der Waals surface area contributed by atoms with E-state index >= 15 is 0 Å². The van der Waals surface area contributed by atoms with Gasteiger partial charge in [0.05, 0.1) is 31.1 Å². The molecule has 6 nitrogen and oxygen atoms in total. The molecule has 0 saturated carbocycles. The van der Waals surface area contributed by atoms with Crippen molar-refractivity contribution in [2.75, 3.05) is 4.90 Å². The van der Waals surface area contributed by atoms with Crippen molar-refractivity contribution in [3.63, 3.8) is 0 Å². The van der Waals surface area contributed by atoms with Crippen molar-refractivity contribution in [1.82, 2.24) is 0 Å². The van der Waals surface area contributed by atoms with Crippen LogP contribution < -0.4 is 4.90 Å². The third kappa shape index (κ3) is 2.33. The van der Waals surface area contributed by atoms with Crippen molar-refractivity contribution >= 4 is 55.0 Å². The number of alkyl halides is 2. The Labute approximate surface area is 206 Å². The van der Waals surface area contributed by atoms with Gasteiger partial charge in [0.15, 0.2) is 0 Å². The van der Waals surface area contributed by atoms with Crippen molar-refractivity contribution in [2.45, 2.75) is 15.6 Å². The monoisotopic (exact) mass is 566 g/mol. The highest BCUT2D eigenvalue weighted by molar-refractivity contribution is 9.10. The van der Waals surface area contributed by atoms with Gasteiger partial charge in [-0.2, -0.15) is 0 Å². The topological polar surface area (TPSA) is 80.5 Å². The van der Waals surface area contributed by atoms with Crippen molar-refractivity contribution in [1.29, 1.82) is 0 Å². The zero-order valence-corrected chi connectivity index (χ0v) is 20.5. The molecule has 0 unspecified atom stereocenters. The lowest BCUT2D eigenvalue weighted by molar-refractivity contribution is -0.385. The van der Waals surface area contributed by atoms with Crippen LogP contribution in [0.4, 0.5) is 11.4 Å². The van der Waals surface area contributed by atoms with Gasteiger partial charge in [0.25, 0.3) is 5.69 Å². The van der Waals surface area contributed by atoms with E-state index in [-0.39, 0.29) is 23.2 Å². The standard InChI is InChI=1S/C25H16Br2N2O4/c1-13-10-11-14(12-19(13)29(32)33)28-22(30)20-21(23(28)31)25(27)16-7-3-2-6-15(16)24(20,26)17-8-4-5-9-18(17)25/h2-12,20-21H,1H3/t20-,21-,24?,25?/m1/s1. The second-order valence-electron chi connectivity index (χ2n) is 8.71.